The van der Waals surface area contributed by atoms with E-state index in [0.717, 1.165) is 11.2 Å². The Labute approximate surface area is 155 Å². The molecule has 138 valence electrons. The van der Waals surface area contributed by atoms with Crippen molar-refractivity contribution in [3.8, 4) is 0 Å². The highest BCUT2D eigenvalue weighted by molar-refractivity contribution is 6.62. The number of carbonyl (C=O) groups is 1. The van der Waals surface area contributed by atoms with Gasteiger partial charge >= 0.3 is 7.12 Å². The van der Waals surface area contributed by atoms with Gasteiger partial charge in [-0.3, -0.25) is 9.48 Å². The Morgan fingerprint density at radius 3 is 2.19 bits per heavy atom. The first-order valence-corrected chi connectivity index (χ1v) is 8.79. The average Bonchev–Trinajstić information content (AvgIpc) is 3.06. The molecule has 26 heavy (non-hydrogen) atoms. The highest BCUT2D eigenvalue weighted by atomic mass is 16.7. The number of hydrogen-bond donors (Lipinski definition) is 0. The molecule has 6 nitrogen and oxygen atoms in total. The maximum Gasteiger partial charge on any atom is 0.494 e. The van der Waals surface area contributed by atoms with Crippen LogP contribution in [-0.2, 0) is 22.9 Å². The molecule has 0 radical (unpaired) electrons. The van der Waals surface area contributed by atoms with Gasteiger partial charge < -0.3 is 14.2 Å². The molecular weight excluding hydrogens is 329 g/mol. The summed E-state index contributed by atoms with van der Waals surface area (Å²) in [7, 11) is 3.22. The van der Waals surface area contributed by atoms with Gasteiger partial charge in [0.1, 0.15) is 0 Å². The van der Waals surface area contributed by atoms with E-state index in [0.29, 0.717) is 12.1 Å². The second kappa shape index (κ2) is 6.56. The largest absolute Gasteiger partial charge is 0.494 e. The van der Waals surface area contributed by atoms with E-state index in [1.807, 2.05) is 71.3 Å². The van der Waals surface area contributed by atoms with Crippen LogP contribution in [0.2, 0.25) is 0 Å². The molecule has 0 bridgehead atoms. The molecule has 1 amide bonds. The second-order valence-electron chi connectivity index (χ2n) is 7.85. The van der Waals surface area contributed by atoms with Gasteiger partial charge in [0.2, 0.25) is 0 Å². The molecule has 0 atom stereocenters. The van der Waals surface area contributed by atoms with Crippen LogP contribution in [0, 0.1) is 0 Å². The summed E-state index contributed by atoms with van der Waals surface area (Å²) >= 11 is 0. The number of aryl methyl sites for hydroxylation is 1. The van der Waals surface area contributed by atoms with Crippen molar-refractivity contribution < 1.29 is 14.1 Å². The predicted octanol–water partition coefficient (Wildman–Crippen LogP) is 1.99. The number of hydrogen-bond acceptors (Lipinski definition) is 4. The van der Waals surface area contributed by atoms with Gasteiger partial charge in [-0.1, -0.05) is 12.1 Å². The van der Waals surface area contributed by atoms with Crippen molar-refractivity contribution in [3.05, 3.63) is 47.8 Å². The van der Waals surface area contributed by atoms with E-state index in [1.54, 1.807) is 16.6 Å². The lowest BCUT2D eigenvalue weighted by Gasteiger charge is -2.32. The average molecular weight is 355 g/mol. The van der Waals surface area contributed by atoms with E-state index >= 15 is 0 Å². The van der Waals surface area contributed by atoms with E-state index in [1.165, 1.54) is 0 Å². The van der Waals surface area contributed by atoms with Gasteiger partial charge in [0, 0.05) is 25.9 Å². The molecule has 0 saturated carbocycles. The normalized spacial score (nSPS) is 18.2. The molecule has 0 unspecified atom stereocenters. The first kappa shape index (κ1) is 18.7. The lowest BCUT2D eigenvalue weighted by molar-refractivity contribution is 0.00578. The molecule has 1 fully saturated rings. The molecule has 7 heteroatoms. The van der Waals surface area contributed by atoms with Crippen molar-refractivity contribution in [2.75, 3.05) is 7.05 Å². The summed E-state index contributed by atoms with van der Waals surface area (Å²) in [6.45, 7) is 8.57. The van der Waals surface area contributed by atoms with Gasteiger partial charge in [0.05, 0.1) is 23.4 Å². The van der Waals surface area contributed by atoms with Crippen LogP contribution in [0.1, 0.15) is 43.7 Å². The van der Waals surface area contributed by atoms with Crippen molar-refractivity contribution >= 4 is 18.5 Å². The van der Waals surface area contributed by atoms with Crippen LogP contribution in [-0.4, -0.2) is 46.0 Å². The van der Waals surface area contributed by atoms with Gasteiger partial charge in [-0.05, 0) is 51.4 Å². The Kier molecular flexibility index (Phi) is 4.71. The van der Waals surface area contributed by atoms with Gasteiger partial charge in [-0.25, -0.2) is 0 Å². The molecule has 0 spiro atoms. The number of carbonyl (C=O) groups excluding carboxylic acids is 1. The van der Waals surface area contributed by atoms with Crippen LogP contribution < -0.4 is 5.46 Å². The summed E-state index contributed by atoms with van der Waals surface area (Å²) in [5.41, 5.74) is 1.64. The van der Waals surface area contributed by atoms with Gasteiger partial charge in [0.15, 0.2) is 0 Å². The Hall–Kier alpha value is -2.12. The predicted molar refractivity (Wildman–Crippen MR) is 101 cm³/mol. The Morgan fingerprint density at radius 2 is 1.69 bits per heavy atom. The maximum absolute atomic E-state index is 12.6. The third-order valence-corrected chi connectivity index (χ3v) is 5.20. The summed E-state index contributed by atoms with van der Waals surface area (Å²) in [6.07, 6.45) is 1.87. The highest BCUT2D eigenvalue weighted by Crippen LogP contribution is 2.36. The quantitative estimate of drug-likeness (QED) is 0.788. The molecule has 3 rings (SSSR count). The maximum atomic E-state index is 12.6. The molecule has 1 aliphatic heterocycles. The molecule has 2 aromatic rings. The minimum atomic E-state index is -0.421. The summed E-state index contributed by atoms with van der Waals surface area (Å²) in [5, 5.41) is 4.31. The highest BCUT2D eigenvalue weighted by Gasteiger charge is 2.51. The molecular formula is C19H26BN3O3. The standard InChI is InChI=1S/C19H26BN3O3/c1-18(2)19(3,4)26-20(25-18)15-9-7-14(8-10-15)17(24)22(5)13-16-11-12-23(6)21-16/h7-12H,13H2,1-6H3. The third kappa shape index (κ3) is 3.55. The van der Waals surface area contributed by atoms with Crippen LogP contribution in [0.3, 0.4) is 0 Å². The fourth-order valence-electron chi connectivity index (χ4n) is 2.84. The summed E-state index contributed by atoms with van der Waals surface area (Å²) in [6, 6.07) is 9.33. The van der Waals surface area contributed by atoms with E-state index in [2.05, 4.69) is 5.10 Å². The zero-order valence-electron chi connectivity index (χ0n) is 16.3. The fraction of sp³-hybridized carbons (Fsp3) is 0.474. The van der Waals surface area contributed by atoms with Crippen molar-refractivity contribution in [1.29, 1.82) is 0 Å². The van der Waals surface area contributed by atoms with Crippen LogP contribution in [0.4, 0.5) is 0 Å². The molecule has 1 aromatic heterocycles. The first-order valence-electron chi connectivity index (χ1n) is 8.79. The monoisotopic (exact) mass is 355 g/mol. The molecule has 1 aliphatic rings. The minimum Gasteiger partial charge on any atom is -0.399 e. The Balaban J connectivity index is 1.68. The Bertz CT molecular complexity index is 783. The van der Waals surface area contributed by atoms with E-state index in [-0.39, 0.29) is 17.1 Å². The van der Waals surface area contributed by atoms with Crippen molar-refractivity contribution in [3.63, 3.8) is 0 Å². The number of amides is 1. The fourth-order valence-corrected chi connectivity index (χ4v) is 2.84. The molecule has 1 saturated heterocycles. The van der Waals surface area contributed by atoms with Crippen molar-refractivity contribution in [2.45, 2.75) is 45.4 Å². The zero-order chi connectivity index (χ0) is 19.1. The number of aromatic nitrogens is 2. The van der Waals surface area contributed by atoms with Crippen LogP contribution in [0.5, 0.6) is 0 Å². The van der Waals surface area contributed by atoms with Crippen LogP contribution >= 0.6 is 0 Å². The number of benzene rings is 1. The first-order chi connectivity index (χ1) is 12.1. The molecule has 1 aromatic carbocycles. The Morgan fingerprint density at radius 1 is 1.12 bits per heavy atom. The van der Waals surface area contributed by atoms with Crippen LogP contribution in [0.15, 0.2) is 36.5 Å². The summed E-state index contributed by atoms with van der Waals surface area (Å²) in [4.78, 5) is 14.3. The van der Waals surface area contributed by atoms with Crippen LogP contribution in [0.25, 0.3) is 0 Å². The summed E-state index contributed by atoms with van der Waals surface area (Å²) in [5.74, 6) is -0.0453. The number of rotatable bonds is 4. The van der Waals surface area contributed by atoms with E-state index < -0.39 is 7.12 Å². The van der Waals surface area contributed by atoms with Gasteiger partial charge in [-0.15, -0.1) is 0 Å². The minimum absolute atomic E-state index is 0.0453. The third-order valence-electron chi connectivity index (χ3n) is 5.20. The van der Waals surface area contributed by atoms with E-state index in [9.17, 15) is 4.79 Å². The SMILES string of the molecule is CN(Cc1ccn(C)n1)C(=O)c1ccc(B2OC(C)(C)C(C)(C)O2)cc1. The lowest BCUT2D eigenvalue weighted by Crippen LogP contribution is -2.41. The van der Waals surface area contributed by atoms with Gasteiger partial charge in [0.25, 0.3) is 5.91 Å². The zero-order valence-corrected chi connectivity index (χ0v) is 16.3. The van der Waals surface area contributed by atoms with Gasteiger partial charge in [-0.2, -0.15) is 5.10 Å². The van der Waals surface area contributed by atoms with E-state index in [4.69, 9.17) is 9.31 Å². The lowest BCUT2D eigenvalue weighted by atomic mass is 9.79. The molecule has 0 N–H and O–H groups in total. The topological polar surface area (TPSA) is 56.6 Å². The van der Waals surface area contributed by atoms with Crippen molar-refractivity contribution in [2.24, 2.45) is 7.05 Å². The van der Waals surface area contributed by atoms with Crippen molar-refractivity contribution in [1.82, 2.24) is 14.7 Å². The number of nitrogens with zero attached hydrogens (tertiary/aromatic N) is 3. The molecule has 2 heterocycles. The summed E-state index contributed by atoms with van der Waals surface area (Å²) < 4.78 is 13.8. The molecule has 0 aliphatic carbocycles. The smallest absolute Gasteiger partial charge is 0.399 e. The second-order valence-corrected chi connectivity index (χ2v) is 7.85.